The van der Waals surface area contributed by atoms with Crippen LogP contribution in [0.3, 0.4) is 0 Å². The summed E-state index contributed by atoms with van der Waals surface area (Å²) in [4.78, 5) is 19.1. The summed E-state index contributed by atoms with van der Waals surface area (Å²) in [6.07, 6.45) is 1.74. The first-order valence-electron chi connectivity index (χ1n) is 9.19. The van der Waals surface area contributed by atoms with E-state index in [9.17, 15) is 4.79 Å². The molecule has 28 heavy (non-hydrogen) atoms. The van der Waals surface area contributed by atoms with E-state index in [0.717, 1.165) is 18.8 Å². The molecule has 4 rings (SSSR count). The molecule has 1 aromatic heterocycles. The van der Waals surface area contributed by atoms with Gasteiger partial charge in [-0.2, -0.15) is 0 Å². The minimum absolute atomic E-state index is 0.201. The molecule has 2 heterocycles. The van der Waals surface area contributed by atoms with Crippen molar-refractivity contribution in [2.75, 3.05) is 23.6 Å². The molecule has 1 aliphatic heterocycles. The Bertz CT molecular complexity index is 959. The minimum Gasteiger partial charge on any atom is -0.454 e. The van der Waals surface area contributed by atoms with E-state index >= 15 is 0 Å². The van der Waals surface area contributed by atoms with Crippen LogP contribution in [0.15, 0.2) is 66.9 Å². The molecule has 0 fully saturated rings. The molecule has 6 nitrogen and oxygen atoms in total. The smallest absolute Gasteiger partial charge is 0.274 e. The van der Waals surface area contributed by atoms with E-state index in [1.807, 2.05) is 24.3 Å². The molecule has 0 bridgehead atoms. The second kappa shape index (κ2) is 8.00. The molecule has 0 spiro atoms. The van der Waals surface area contributed by atoms with E-state index in [4.69, 9.17) is 9.47 Å². The first-order chi connectivity index (χ1) is 13.7. The average Bonchev–Trinajstić information content (AvgIpc) is 3.21. The Morgan fingerprint density at radius 3 is 2.64 bits per heavy atom. The van der Waals surface area contributed by atoms with Crippen LogP contribution in [0.5, 0.6) is 11.5 Å². The number of nitrogens with one attached hydrogen (secondary N) is 1. The lowest BCUT2D eigenvalue weighted by atomic mass is 10.2. The number of pyridine rings is 1. The monoisotopic (exact) mass is 375 g/mol. The average molecular weight is 375 g/mol. The van der Waals surface area contributed by atoms with E-state index in [1.165, 1.54) is 5.56 Å². The van der Waals surface area contributed by atoms with E-state index in [1.54, 1.807) is 30.5 Å². The third-order valence-electron chi connectivity index (χ3n) is 4.57. The van der Waals surface area contributed by atoms with Gasteiger partial charge in [0.25, 0.3) is 5.91 Å². The molecule has 1 amide bonds. The van der Waals surface area contributed by atoms with Gasteiger partial charge in [-0.15, -0.1) is 0 Å². The third-order valence-corrected chi connectivity index (χ3v) is 4.57. The van der Waals surface area contributed by atoms with Crippen molar-refractivity contribution in [1.82, 2.24) is 4.98 Å². The van der Waals surface area contributed by atoms with Crippen LogP contribution in [0.2, 0.25) is 0 Å². The normalized spacial score (nSPS) is 11.9. The zero-order chi connectivity index (χ0) is 19.3. The van der Waals surface area contributed by atoms with Gasteiger partial charge in [0.05, 0.1) is 11.9 Å². The van der Waals surface area contributed by atoms with Crippen molar-refractivity contribution >= 4 is 17.3 Å². The Morgan fingerprint density at radius 1 is 1.07 bits per heavy atom. The number of hydrogen-bond donors (Lipinski definition) is 1. The fourth-order valence-corrected chi connectivity index (χ4v) is 3.07. The van der Waals surface area contributed by atoms with E-state index < -0.39 is 0 Å². The summed E-state index contributed by atoms with van der Waals surface area (Å²) in [5.74, 6) is 1.04. The number of nitrogens with zero attached hydrogens (tertiary/aromatic N) is 2. The van der Waals surface area contributed by atoms with Crippen LogP contribution < -0.4 is 19.7 Å². The first kappa shape index (κ1) is 17.9. The standard InChI is InChI=1S/C22H21N3O3/c1-2-25(14-16-6-4-3-5-7-16)18-9-10-19(23-13-18)22(26)24-17-8-11-20-21(12-17)28-15-27-20/h3-13H,2,14-15H2,1H3,(H,24,26). The molecule has 0 unspecified atom stereocenters. The van der Waals surface area contributed by atoms with Crippen LogP contribution in [-0.4, -0.2) is 24.2 Å². The zero-order valence-electron chi connectivity index (χ0n) is 15.6. The van der Waals surface area contributed by atoms with Gasteiger partial charge in [0.15, 0.2) is 11.5 Å². The van der Waals surface area contributed by atoms with Gasteiger partial charge in [0.2, 0.25) is 6.79 Å². The third kappa shape index (κ3) is 3.91. The molecule has 3 aromatic rings. The Balaban J connectivity index is 1.44. The molecule has 2 aromatic carbocycles. The molecule has 0 aliphatic carbocycles. The first-order valence-corrected chi connectivity index (χ1v) is 9.19. The van der Waals surface area contributed by atoms with Crippen molar-refractivity contribution in [3.8, 4) is 11.5 Å². The summed E-state index contributed by atoms with van der Waals surface area (Å²) in [5.41, 5.74) is 3.21. The highest BCUT2D eigenvalue weighted by Crippen LogP contribution is 2.34. The molecule has 0 saturated heterocycles. The van der Waals surface area contributed by atoms with Crippen molar-refractivity contribution < 1.29 is 14.3 Å². The van der Waals surface area contributed by atoms with Gasteiger partial charge in [0, 0.05) is 24.8 Å². The number of carbonyl (C=O) groups is 1. The van der Waals surface area contributed by atoms with Crippen LogP contribution in [0, 0.1) is 0 Å². The molecule has 1 N–H and O–H groups in total. The van der Waals surface area contributed by atoms with Gasteiger partial charge >= 0.3 is 0 Å². The fourth-order valence-electron chi connectivity index (χ4n) is 3.07. The van der Waals surface area contributed by atoms with Gasteiger partial charge in [-0.05, 0) is 36.8 Å². The van der Waals surface area contributed by atoms with Gasteiger partial charge in [-0.3, -0.25) is 4.79 Å². The Kier molecular flexibility index (Phi) is 5.10. The number of benzene rings is 2. The molecule has 0 saturated carbocycles. The molecule has 142 valence electrons. The number of anilines is 2. The van der Waals surface area contributed by atoms with Gasteiger partial charge < -0.3 is 19.7 Å². The highest BCUT2D eigenvalue weighted by atomic mass is 16.7. The maximum Gasteiger partial charge on any atom is 0.274 e. The molecule has 0 radical (unpaired) electrons. The Morgan fingerprint density at radius 2 is 1.89 bits per heavy atom. The Labute approximate surface area is 163 Å². The van der Waals surface area contributed by atoms with Gasteiger partial charge in [-0.25, -0.2) is 4.98 Å². The lowest BCUT2D eigenvalue weighted by Crippen LogP contribution is -2.22. The van der Waals surface area contributed by atoms with Crippen LogP contribution in [0.25, 0.3) is 0 Å². The molecular formula is C22H21N3O3. The topological polar surface area (TPSA) is 63.7 Å². The van der Waals surface area contributed by atoms with Crippen molar-refractivity contribution in [1.29, 1.82) is 0 Å². The molecule has 1 aliphatic rings. The summed E-state index contributed by atoms with van der Waals surface area (Å²) in [7, 11) is 0. The van der Waals surface area contributed by atoms with Gasteiger partial charge in [0.1, 0.15) is 5.69 Å². The van der Waals surface area contributed by atoms with E-state index in [-0.39, 0.29) is 12.7 Å². The van der Waals surface area contributed by atoms with Crippen molar-refractivity contribution in [3.63, 3.8) is 0 Å². The lowest BCUT2D eigenvalue weighted by Gasteiger charge is -2.23. The number of aromatic nitrogens is 1. The fraction of sp³-hybridized carbons (Fsp3) is 0.182. The van der Waals surface area contributed by atoms with Crippen LogP contribution in [-0.2, 0) is 6.54 Å². The van der Waals surface area contributed by atoms with Gasteiger partial charge in [-0.1, -0.05) is 30.3 Å². The maximum atomic E-state index is 12.5. The number of rotatable bonds is 6. The van der Waals surface area contributed by atoms with Crippen molar-refractivity contribution in [3.05, 3.63) is 78.1 Å². The second-order valence-electron chi connectivity index (χ2n) is 6.42. The summed E-state index contributed by atoms with van der Waals surface area (Å²) in [5, 5.41) is 2.84. The predicted molar refractivity (Wildman–Crippen MR) is 108 cm³/mol. The SMILES string of the molecule is CCN(Cc1ccccc1)c1ccc(C(=O)Nc2ccc3c(c2)OCO3)nc1. The minimum atomic E-state index is -0.267. The van der Waals surface area contributed by atoms with Crippen LogP contribution >= 0.6 is 0 Å². The summed E-state index contributed by atoms with van der Waals surface area (Å²) < 4.78 is 10.6. The maximum absolute atomic E-state index is 12.5. The zero-order valence-corrected chi connectivity index (χ0v) is 15.6. The molecular weight excluding hydrogens is 354 g/mol. The molecule has 0 atom stereocenters. The van der Waals surface area contributed by atoms with Crippen molar-refractivity contribution in [2.24, 2.45) is 0 Å². The highest BCUT2D eigenvalue weighted by Gasteiger charge is 2.15. The van der Waals surface area contributed by atoms with Crippen LogP contribution in [0.1, 0.15) is 23.0 Å². The predicted octanol–water partition coefficient (Wildman–Crippen LogP) is 4.09. The van der Waals surface area contributed by atoms with E-state index in [2.05, 4.69) is 34.3 Å². The molecule has 6 heteroatoms. The number of hydrogen-bond acceptors (Lipinski definition) is 5. The highest BCUT2D eigenvalue weighted by molar-refractivity contribution is 6.03. The Hall–Kier alpha value is -3.54. The summed E-state index contributed by atoms with van der Waals surface area (Å²) in [6, 6.07) is 19.2. The number of fused-ring (bicyclic) bond motifs is 1. The largest absolute Gasteiger partial charge is 0.454 e. The summed E-state index contributed by atoms with van der Waals surface area (Å²) in [6.45, 7) is 3.94. The number of ether oxygens (including phenoxy) is 2. The second-order valence-corrected chi connectivity index (χ2v) is 6.42. The number of carbonyl (C=O) groups excluding carboxylic acids is 1. The summed E-state index contributed by atoms with van der Waals surface area (Å²) >= 11 is 0. The van der Waals surface area contributed by atoms with Crippen LogP contribution in [0.4, 0.5) is 11.4 Å². The van der Waals surface area contributed by atoms with Crippen molar-refractivity contribution in [2.45, 2.75) is 13.5 Å². The van der Waals surface area contributed by atoms with E-state index in [0.29, 0.717) is 22.9 Å². The quantitative estimate of drug-likeness (QED) is 0.703. The number of amides is 1. The lowest BCUT2D eigenvalue weighted by molar-refractivity contribution is 0.102.